The molecule has 3 aromatic carbocycles. The summed E-state index contributed by atoms with van der Waals surface area (Å²) in [4.78, 5) is 25.6. The number of carbonyl (C=O) groups is 2. The number of carbonyl (C=O) groups excluding carboxylic acids is 2. The number of ether oxygens (including phenoxy) is 2. The Morgan fingerprint density at radius 3 is 2.53 bits per heavy atom. The lowest BCUT2D eigenvalue weighted by Crippen LogP contribution is -2.24. The monoisotopic (exact) mass is 458 g/mol. The van der Waals surface area contributed by atoms with Gasteiger partial charge in [-0.1, -0.05) is 30.3 Å². The number of amides is 2. The summed E-state index contributed by atoms with van der Waals surface area (Å²) in [5, 5.41) is 5.54. The third-order valence-electron chi connectivity index (χ3n) is 5.28. The van der Waals surface area contributed by atoms with E-state index in [-0.39, 0.29) is 41.9 Å². The zero-order valence-corrected chi connectivity index (χ0v) is 17.8. The molecule has 0 fully saturated rings. The maximum Gasteiger partial charge on any atom is 0.291 e. The van der Waals surface area contributed by atoms with Gasteiger partial charge in [0.05, 0.1) is 16.8 Å². The maximum absolute atomic E-state index is 14.0. The van der Waals surface area contributed by atoms with Crippen molar-refractivity contribution in [2.24, 2.45) is 0 Å². The minimum Gasteiger partial charge on any atom is -0.454 e. The molecular formula is C26H19FN2O5. The summed E-state index contributed by atoms with van der Waals surface area (Å²) < 4.78 is 30.2. The largest absolute Gasteiger partial charge is 0.454 e. The van der Waals surface area contributed by atoms with Crippen molar-refractivity contribution in [1.82, 2.24) is 5.32 Å². The Hall–Kier alpha value is -4.59. The number of para-hydroxylation sites is 1. The van der Waals surface area contributed by atoms with Crippen LogP contribution in [0, 0.1) is 5.82 Å². The van der Waals surface area contributed by atoms with Gasteiger partial charge < -0.3 is 24.5 Å². The second-order valence-electron chi connectivity index (χ2n) is 7.51. The molecule has 7 nitrogen and oxygen atoms in total. The summed E-state index contributed by atoms with van der Waals surface area (Å²) in [6, 6.07) is 21.2. The lowest BCUT2D eigenvalue weighted by atomic mass is 10.1. The first-order valence-electron chi connectivity index (χ1n) is 10.5. The van der Waals surface area contributed by atoms with Gasteiger partial charge in [0.2, 0.25) is 6.79 Å². The summed E-state index contributed by atoms with van der Waals surface area (Å²) in [6.45, 7) is 0.442. The van der Waals surface area contributed by atoms with Crippen LogP contribution < -0.4 is 20.1 Å². The Morgan fingerprint density at radius 2 is 1.65 bits per heavy atom. The highest BCUT2D eigenvalue weighted by Gasteiger charge is 2.18. The molecule has 0 radical (unpaired) electrons. The fraction of sp³-hybridized carbons (Fsp3) is 0.0769. The van der Waals surface area contributed by atoms with Crippen molar-refractivity contribution in [2.45, 2.75) is 6.54 Å². The fourth-order valence-corrected chi connectivity index (χ4v) is 3.57. The predicted molar refractivity (Wildman–Crippen MR) is 122 cm³/mol. The minimum atomic E-state index is -0.557. The molecule has 8 heteroatoms. The Balaban J connectivity index is 1.28. The van der Waals surface area contributed by atoms with Gasteiger partial charge in [0.15, 0.2) is 17.3 Å². The van der Waals surface area contributed by atoms with E-state index < -0.39 is 11.7 Å². The van der Waals surface area contributed by atoms with Gasteiger partial charge in [-0.15, -0.1) is 0 Å². The molecule has 2 heterocycles. The fourth-order valence-electron chi connectivity index (χ4n) is 3.57. The molecule has 0 unspecified atom stereocenters. The Morgan fingerprint density at radius 1 is 0.853 bits per heavy atom. The van der Waals surface area contributed by atoms with Crippen molar-refractivity contribution in [3.05, 3.63) is 102 Å². The number of anilines is 1. The van der Waals surface area contributed by atoms with Crippen LogP contribution in [-0.4, -0.2) is 18.6 Å². The third kappa shape index (κ3) is 4.33. The molecule has 0 saturated heterocycles. The summed E-state index contributed by atoms with van der Waals surface area (Å²) in [5.41, 5.74) is 1.71. The van der Waals surface area contributed by atoms with E-state index in [2.05, 4.69) is 10.6 Å². The molecule has 2 N–H and O–H groups in total. The molecule has 1 aromatic heterocycles. The normalized spacial score (nSPS) is 11.8. The average molecular weight is 458 g/mol. The summed E-state index contributed by atoms with van der Waals surface area (Å²) >= 11 is 0. The number of hydrogen-bond donors (Lipinski definition) is 2. The first-order valence-corrected chi connectivity index (χ1v) is 10.5. The number of nitrogens with one attached hydrogen (secondary N) is 2. The van der Waals surface area contributed by atoms with Gasteiger partial charge in [-0.25, -0.2) is 4.39 Å². The molecule has 2 amide bonds. The number of rotatable bonds is 6. The minimum absolute atomic E-state index is 0.00572. The van der Waals surface area contributed by atoms with E-state index in [1.165, 1.54) is 18.2 Å². The number of furan rings is 1. The summed E-state index contributed by atoms with van der Waals surface area (Å²) in [5.74, 6) is 0.158. The zero-order chi connectivity index (χ0) is 23.5. The predicted octanol–water partition coefficient (Wildman–Crippen LogP) is 5.00. The van der Waals surface area contributed by atoms with Crippen molar-refractivity contribution in [2.75, 3.05) is 12.1 Å². The average Bonchev–Trinajstić information content (AvgIpc) is 3.53. The molecule has 0 aliphatic carbocycles. The molecule has 4 aromatic rings. The Bertz CT molecular complexity index is 1380. The number of hydrogen-bond acceptors (Lipinski definition) is 5. The van der Waals surface area contributed by atoms with Gasteiger partial charge >= 0.3 is 0 Å². The van der Waals surface area contributed by atoms with Crippen molar-refractivity contribution >= 4 is 17.5 Å². The number of benzene rings is 3. The van der Waals surface area contributed by atoms with E-state index in [1.807, 2.05) is 6.07 Å². The first-order chi connectivity index (χ1) is 16.6. The Kier molecular flexibility index (Phi) is 5.70. The lowest BCUT2D eigenvalue weighted by Gasteiger charge is -2.11. The van der Waals surface area contributed by atoms with Gasteiger partial charge in [0.25, 0.3) is 11.8 Å². The van der Waals surface area contributed by atoms with E-state index >= 15 is 0 Å². The smallest absolute Gasteiger partial charge is 0.291 e. The highest BCUT2D eigenvalue weighted by molar-refractivity contribution is 6.08. The second-order valence-corrected chi connectivity index (χ2v) is 7.51. The summed E-state index contributed by atoms with van der Waals surface area (Å²) in [6.07, 6.45) is 0. The van der Waals surface area contributed by atoms with Crippen LogP contribution in [0.2, 0.25) is 0 Å². The zero-order valence-electron chi connectivity index (χ0n) is 17.8. The molecule has 34 heavy (non-hydrogen) atoms. The van der Waals surface area contributed by atoms with Crippen molar-refractivity contribution in [3.63, 3.8) is 0 Å². The van der Waals surface area contributed by atoms with E-state index in [4.69, 9.17) is 13.9 Å². The molecule has 0 bridgehead atoms. The highest BCUT2D eigenvalue weighted by Crippen LogP contribution is 2.32. The first kappa shape index (κ1) is 21.3. The van der Waals surface area contributed by atoms with Crippen LogP contribution in [0.25, 0.3) is 11.3 Å². The van der Waals surface area contributed by atoms with E-state index in [9.17, 15) is 14.0 Å². The van der Waals surface area contributed by atoms with E-state index in [1.54, 1.807) is 54.6 Å². The van der Waals surface area contributed by atoms with Crippen molar-refractivity contribution in [3.8, 4) is 22.8 Å². The van der Waals surface area contributed by atoms with Crippen molar-refractivity contribution in [1.29, 1.82) is 0 Å². The molecule has 170 valence electrons. The standard InChI is InChI=1S/C26H19FN2O5/c27-19-7-3-1-5-17(19)21-11-12-23(34-21)26(31)29-20-8-4-2-6-18(20)25(30)28-14-16-9-10-22-24(13-16)33-15-32-22/h1-13H,14-15H2,(H,28,30)(H,29,31). The van der Waals surface area contributed by atoms with Crippen LogP contribution in [0.3, 0.4) is 0 Å². The van der Waals surface area contributed by atoms with Crippen LogP contribution in [0.1, 0.15) is 26.5 Å². The molecule has 1 aliphatic heterocycles. The van der Waals surface area contributed by atoms with Crippen LogP contribution in [0.4, 0.5) is 10.1 Å². The molecule has 0 atom stereocenters. The molecular weight excluding hydrogens is 439 g/mol. The number of halogens is 1. The van der Waals surface area contributed by atoms with Gasteiger partial charge in [-0.3, -0.25) is 9.59 Å². The quantitative estimate of drug-likeness (QED) is 0.425. The lowest BCUT2D eigenvalue weighted by molar-refractivity contribution is 0.0951. The second kappa shape index (κ2) is 9.11. The molecule has 1 aliphatic rings. The van der Waals surface area contributed by atoms with Crippen LogP contribution in [-0.2, 0) is 6.54 Å². The topological polar surface area (TPSA) is 89.8 Å². The van der Waals surface area contributed by atoms with Gasteiger partial charge in [0.1, 0.15) is 11.6 Å². The SMILES string of the molecule is O=C(Nc1ccccc1C(=O)NCc1ccc2c(c1)OCO2)c1ccc(-c2ccccc2F)o1. The maximum atomic E-state index is 14.0. The molecule has 0 saturated carbocycles. The van der Waals surface area contributed by atoms with Crippen LogP contribution >= 0.6 is 0 Å². The molecule has 0 spiro atoms. The van der Waals surface area contributed by atoms with Gasteiger partial charge in [-0.2, -0.15) is 0 Å². The van der Waals surface area contributed by atoms with Crippen LogP contribution in [0.5, 0.6) is 11.5 Å². The highest BCUT2D eigenvalue weighted by atomic mass is 19.1. The third-order valence-corrected chi connectivity index (χ3v) is 5.28. The summed E-state index contributed by atoms with van der Waals surface area (Å²) in [7, 11) is 0. The molecule has 5 rings (SSSR count). The van der Waals surface area contributed by atoms with E-state index in [0.717, 1.165) is 5.56 Å². The van der Waals surface area contributed by atoms with E-state index in [0.29, 0.717) is 17.2 Å². The van der Waals surface area contributed by atoms with Gasteiger partial charge in [0, 0.05) is 6.54 Å². The number of fused-ring (bicyclic) bond motifs is 1. The van der Waals surface area contributed by atoms with Gasteiger partial charge in [-0.05, 0) is 54.1 Å². The van der Waals surface area contributed by atoms with Crippen molar-refractivity contribution < 1.29 is 27.9 Å². The Labute approximate surface area is 194 Å². The van der Waals surface area contributed by atoms with Crippen LogP contribution in [0.15, 0.2) is 83.3 Å².